The van der Waals surface area contributed by atoms with Crippen LogP contribution in [0.15, 0.2) is 6.33 Å². The number of rotatable bonds is 2. The number of hydrogen-bond acceptors (Lipinski definition) is 9. The zero-order chi connectivity index (χ0) is 18.6. The van der Waals surface area contributed by atoms with Crippen LogP contribution in [-0.2, 0) is 27.9 Å². The van der Waals surface area contributed by atoms with Gasteiger partial charge in [0.05, 0.1) is 6.61 Å². The molecular formula is C12H11Cl2N4O7P. The second-order valence-corrected chi connectivity index (χ2v) is 7.66. The van der Waals surface area contributed by atoms with Crippen molar-refractivity contribution < 1.29 is 32.8 Å². The van der Waals surface area contributed by atoms with Crippen LogP contribution in [0.5, 0.6) is 0 Å². The normalized spacial score (nSPS) is 34.0. The predicted octanol–water partition coefficient (Wildman–Crippen LogP) is 1.48. The fraction of sp³-hybridized carbons (Fsp3) is 0.500. The Bertz CT molecular complexity index is 940. The number of phosphoric ester groups is 1. The number of ether oxygens (including phenoxy) is 2. The lowest BCUT2D eigenvalue weighted by molar-refractivity contribution is -0.155. The van der Waals surface area contributed by atoms with Crippen molar-refractivity contribution in [3.05, 3.63) is 16.8 Å². The van der Waals surface area contributed by atoms with E-state index in [1.165, 1.54) is 17.8 Å². The van der Waals surface area contributed by atoms with E-state index in [9.17, 15) is 14.3 Å². The fourth-order valence-corrected chi connectivity index (χ4v) is 4.32. The maximum atomic E-state index is 11.8. The van der Waals surface area contributed by atoms with Gasteiger partial charge in [-0.15, -0.1) is 0 Å². The first-order valence-corrected chi connectivity index (χ1v) is 9.54. The molecule has 0 aromatic carbocycles. The van der Waals surface area contributed by atoms with Crippen molar-refractivity contribution in [2.75, 3.05) is 6.61 Å². The Morgan fingerprint density at radius 2 is 2.23 bits per heavy atom. The number of aromatic nitrogens is 4. The molecule has 0 aliphatic carbocycles. The average molecular weight is 425 g/mol. The quantitative estimate of drug-likeness (QED) is 0.326. The number of nitrogens with zero attached hydrogens (tertiary/aromatic N) is 4. The van der Waals surface area contributed by atoms with Crippen LogP contribution in [0.25, 0.3) is 11.2 Å². The van der Waals surface area contributed by atoms with E-state index in [0.29, 0.717) is 0 Å². The molecule has 2 aromatic heterocycles. The van der Waals surface area contributed by atoms with Crippen molar-refractivity contribution in [2.45, 2.75) is 31.5 Å². The van der Waals surface area contributed by atoms with Gasteiger partial charge in [-0.25, -0.2) is 19.5 Å². The summed E-state index contributed by atoms with van der Waals surface area (Å²) in [5.41, 5.74) is 0.466. The molecule has 0 radical (unpaired) electrons. The Labute approximate surface area is 155 Å². The zero-order valence-electron chi connectivity index (χ0n) is 13.0. The lowest BCUT2D eigenvalue weighted by Gasteiger charge is -2.29. The molecule has 2 fully saturated rings. The molecule has 2 saturated heterocycles. The molecule has 4 rings (SSSR count). The van der Waals surface area contributed by atoms with Gasteiger partial charge in [0.2, 0.25) is 5.28 Å². The minimum atomic E-state index is -4.28. The van der Waals surface area contributed by atoms with Gasteiger partial charge in [-0.05, 0) is 11.6 Å². The fourth-order valence-electron chi connectivity index (χ4n) is 2.93. The Balaban J connectivity index is 1.80. The number of esters is 1. The van der Waals surface area contributed by atoms with Crippen LogP contribution in [0.4, 0.5) is 0 Å². The molecule has 0 amide bonds. The smallest absolute Gasteiger partial charge is 0.455 e. The van der Waals surface area contributed by atoms with Gasteiger partial charge in [-0.2, -0.15) is 0 Å². The van der Waals surface area contributed by atoms with E-state index >= 15 is 0 Å². The summed E-state index contributed by atoms with van der Waals surface area (Å²) < 4.78 is 34.0. The van der Waals surface area contributed by atoms with Gasteiger partial charge in [0.15, 0.2) is 23.1 Å². The third-order valence-electron chi connectivity index (χ3n) is 3.89. The highest BCUT2D eigenvalue weighted by molar-refractivity contribution is 7.47. The SMILES string of the molecule is CC(=O)O[C@@H]1[C@@H]2OP(=O)(O)OC[C@H]2O[C@H]1n1c(Cl)nc2c(Cl)ncnc21. The molecule has 1 unspecified atom stereocenters. The van der Waals surface area contributed by atoms with Crippen LogP contribution in [0.3, 0.4) is 0 Å². The summed E-state index contributed by atoms with van der Waals surface area (Å²) in [5, 5.41) is 0.0332. The first-order valence-electron chi connectivity index (χ1n) is 7.29. The lowest BCUT2D eigenvalue weighted by atomic mass is 10.1. The molecule has 11 nitrogen and oxygen atoms in total. The highest BCUT2D eigenvalue weighted by atomic mass is 35.5. The third kappa shape index (κ3) is 2.99. The molecule has 2 aliphatic heterocycles. The van der Waals surface area contributed by atoms with Crippen molar-refractivity contribution in [3.63, 3.8) is 0 Å². The van der Waals surface area contributed by atoms with Crippen LogP contribution in [0.1, 0.15) is 13.2 Å². The number of halogens is 2. The lowest BCUT2D eigenvalue weighted by Crippen LogP contribution is -2.41. The van der Waals surface area contributed by atoms with Crippen molar-refractivity contribution >= 4 is 48.2 Å². The van der Waals surface area contributed by atoms with E-state index in [-0.39, 0.29) is 28.2 Å². The molecule has 1 N–H and O–H groups in total. The van der Waals surface area contributed by atoms with Crippen molar-refractivity contribution in [1.82, 2.24) is 19.5 Å². The molecule has 2 aromatic rings. The van der Waals surface area contributed by atoms with Crippen molar-refractivity contribution in [3.8, 4) is 0 Å². The summed E-state index contributed by atoms with van der Waals surface area (Å²) in [7, 11) is -4.28. The second kappa shape index (κ2) is 6.38. The minimum absolute atomic E-state index is 0.0451. The highest BCUT2D eigenvalue weighted by Crippen LogP contribution is 2.53. The largest absolute Gasteiger partial charge is 0.472 e. The van der Waals surface area contributed by atoms with E-state index < -0.39 is 38.3 Å². The first kappa shape index (κ1) is 18.1. The van der Waals surface area contributed by atoms with Crippen LogP contribution in [0, 0.1) is 0 Å². The van der Waals surface area contributed by atoms with Crippen LogP contribution < -0.4 is 0 Å². The number of fused-ring (bicyclic) bond motifs is 2. The van der Waals surface area contributed by atoms with Gasteiger partial charge < -0.3 is 14.4 Å². The highest BCUT2D eigenvalue weighted by Gasteiger charge is 2.55. The Hall–Kier alpha value is -1.33. The molecule has 0 spiro atoms. The summed E-state index contributed by atoms with van der Waals surface area (Å²) in [6.45, 7) is 0.960. The molecule has 26 heavy (non-hydrogen) atoms. The van der Waals surface area contributed by atoms with E-state index in [0.717, 1.165) is 0 Å². The topological polar surface area (TPSA) is 135 Å². The summed E-state index contributed by atoms with van der Waals surface area (Å²) in [6, 6.07) is 0. The van der Waals surface area contributed by atoms with E-state index in [1.807, 2.05) is 0 Å². The maximum Gasteiger partial charge on any atom is 0.472 e. The minimum Gasteiger partial charge on any atom is -0.455 e. The van der Waals surface area contributed by atoms with Crippen LogP contribution in [-0.4, -0.2) is 55.3 Å². The van der Waals surface area contributed by atoms with E-state index in [2.05, 4.69) is 15.0 Å². The van der Waals surface area contributed by atoms with Gasteiger partial charge in [0, 0.05) is 6.92 Å². The molecule has 0 bridgehead atoms. The van der Waals surface area contributed by atoms with Gasteiger partial charge in [-0.3, -0.25) is 18.4 Å². The summed E-state index contributed by atoms with van der Waals surface area (Å²) in [5.74, 6) is -0.639. The van der Waals surface area contributed by atoms with Crippen LogP contribution in [0.2, 0.25) is 10.4 Å². The number of phosphoric acid groups is 1. The summed E-state index contributed by atoms with van der Waals surface area (Å²) in [4.78, 5) is 33.1. The Kier molecular flexibility index (Phi) is 4.43. The molecule has 14 heteroatoms. The van der Waals surface area contributed by atoms with Crippen molar-refractivity contribution in [1.29, 1.82) is 0 Å². The molecule has 140 valence electrons. The third-order valence-corrected chi connectivity index (χ3v) is 5.42. The second-order valence-electron chi connectivity index (χ2n) is 5.56. The molecule has 5 atom stereocenters. The number of imidazole rings is 1. The first-order chi connectivity index (χ1) is 12.3. The zero-order valence-corrected chi connectivity index (χ0v) is 15.4. The number of carbonyl (C=O) groups excluding carboxylic acids is 1. The molecule has 2 aliphatic rings. The summed E-state index contributed by atoms with van der Waals surface area (Å²) in [6.07, 6.45) is -2.72. The van der Waals surface area contributed by atoms with Crippen molar-refractivity contribution in [2.24, 2.45) is 0 Å². The molecule has 0 saturated carbocycles. The monoisotopic (exact) mass is 424 g/mol. The van der Waals surface area contributed by atoms with E-state index in [1.54, 1.807) is 0 Å². The van der Waals surface area contributed by atoms with Gasteiger partial charge in [0.1, 0.15) is 24.1 Å². The van der Waals surface area contributed by atoms with Gasteiger partial charge in [0.25, 0.3) is 0 Å². The molecule has 4 heterocycles. The summed E-state index contributed by atoms with van der Waals surface area (Å²) >= 11 is 12.2. The Morgan fingerprint density at radius 3 is 2.96 bits per heavy atom. The maximum absolute atomic E-state index is 11.8. The predicted molar refractivity (Wildman–Crippen MR) is 85.5 cm³/mol. The number of hydrogen-bond donors (Lipinski definition) is 1. The standard InChI is InChI=1S/C12H11Cl2N4O7P/c1-4(19)23-8-7-5(2-22-26(20,21)25-7)24-11(8)18-10-6(17-12(18)14)9(13)15-3-16-10/h3,5,7-8,11H,2H2,1H3,(H,20,21)/t5-,7-,8-,11-/m1/s1. The van der Waals surface area contributed by atoms with Crippen LogP contribution >= 0.6 is 31.0 Å². The number of carbonyl (C=O) groups is 1. The average Bonchev–Trinajstić information content (AvgIpc) is 3.04. The molecular weight excluding hydrogens is 414 g/mol. The van der Waals surface area contributed by atoms with Gasteiger partial charge >= 0.3 is 13.8 Å². The van der Waals surface area contributed by atoms with E-state index in [4.69, 9.17) is 41.7 Å². The van der Waals surface area contributed by atoms with Gasteiger partial charge in [-0.1, -0.05) is 11.6 Å². The Morgan fingerprint density at radius 1 is 1.46 bits per heavy atom.